The quantitative estimate of drug-likeness (QED) is 0.579. The van der Waals surface area contributed by atoms with E-state index in [4.69, 9.17) is 4.74 Å². The monoisotopic (exact) mass is 562 g/mol. The second kappa shape index (κ2) is 11.2. The number of carbonyl (C=O) groups excluding carboxylic acids is 1. The molecule has 3 aliphatic rings. The molecule has 3 heterocycles. The van der Waals surface area contributed by atoms with Crippen molar-refractivity contribution in [1.29, 1.82) is 0 Å². The molecule has 1 aromatic heterocycles. The summed E-state index contributed by atoms with van der Waals surface area (Å²) in [4.78, 5) is 22.0. The van der Waals surface area contributed by atoms with E-state index in [2.05, 4.69) is 9.71 Å². The number of piperidine rings is 1. The fraction of sp³-hybridized carbons (Fsp3) is 0.630. The first kappa shape index (κ1) is 27.5. The third-order valence-electron chi connectivity index (χ3n) is 8.20. The maximum Gasteiger partial charge on any atom is 0.265 e. The molecule has 2 N–H and O–H groups in total. The second-order valence-corrected chi connectivity index (χ2v) is 14.2. The van der Waals surface area contributed by atoms with Crippen molar-refractivity contribution < 1.29 is 23.1 Å². The van der Waals surface area contributed by atoms with E-state index in [1.807, 2.05) is 35.9 Å². The highest BCUT2D eigenvalue weighted by molar-refractivity contribution is 7.89. The number of ether oxygens (including phenoxy) is 1. The molecule has 5 rings (SSSR count). The number of likely N-dealkylation sites (N-methyl/N-ethyl adjacent to an activating group) is 1. The maximum absolute atomic E-state index is 13.2. The van der Waals surface area contributed by atoms with Crippen LogP contribution in [0.2, 0.25) is 0 Å². The first-order valence-electron chi connectivity index (χ1n) is 13.5. The number of thiazole rings is 1. The van der Waals surface area contributed by atoms with Gasteiger partial charge in [-0.2, -0.15) is 0 Å². The number of carbonyl (C=O) groups is 1. The van der Waals surface area contributed by atoms with Crippen LogP contribution in [0.4, 0.5) is 0 Å². The van der Waals surface area contributed by atoms with Gasteiger partial charge in [0.25, 0.3) is 5.91 Å². The van der Waals surface area contributed by atoms with Gasteiger partial charge >= 0.3 is 0 Å². The number of amides is 1. The molecule has 0 radical (unpaired) electrons. The first-order valence-corrected chi connectivity index (χ1v) is 15.8. The summed E-state index contributed by atoms with van der Waals surface area (Å²) < 4.78 is 35.4. The number of fused-ring (bicyclic) bond motifs is 1. The van der Waals surface area contributed by atoms with Crippen molar-refractivity contribution >= 4 is 27.3 Å². The molecule has 1 spiro atoms. The van der Waals surface area contributed by atoms with Crippen molar-refractivity contribution in [3.63, 3.8) is 0 Å². The lowest BCUT2D eigenvalue weighted by molar-refractivity contribution is 0.0161. The van der Waals surface area contributed by atoms with Crippen LogP contribution in [0.3, 0.4) is 0 Å². The number of aromatic nitrogens is 1. The molecule has 208 valence electrons. The highest BCUT2D eigenvalue weighted by Crippen LogP contribution is 2.39. The van der Waals surface area contributed by atoms with E-state index in [0.29, 0.717) is 49.3 Å². The number of nitrogens with zero attached hydrogens (tertiary/aromatic N) is 3. The van der Waals surface area contributed by atoms with E-state index in [9.17, 15) is 18.3 Å². The molecule has 2 fully saturated rings. The minimum atomic E-state index is -3.86. The molecule has 0 bridgehead atoms. The maximum atomic E-state index is 13.2. The highest BCUT2D eigenvalue weighted by atomic mass is 32.2. The molecule has 1 saturated heterocycles. The van der Waals surface area contributed by atoms with Gasteiger partial charge in [0.2, 0.25) is 10.0 Å². The minimum absolute atomic E-state index is 0.00650. The number of likely N-dealkylation sites (tertiary alicyclic amines) is 1. The number of aliphatic hydroxyl groups is 1. The van der Waals surface area contributed by atoms with Crippen molar-refractivity contribution in [2.75, 3.05) is 46.4 Å². The van der Waals surface area contributed by atoms with Crippen LogP contribution >= 0.6 is 11.3 Å². The Hall–Kier alpha value is -2.05. The fourth-order valence-electron chi connectivity index (χ4n) is 6.10. The summed E-state index contributed by atoms with van der Waals surface area (Å²) in [5, 5.41) is 11.5. The van der Waals surface area contributed by atoms with E-state index in [0.717, 1.165) is 36.3 Å². The topological polar surface area (TPSA) is 112 Å². The molecule has 1 atom stereocenters. The minimum Gasteiger partial charge on any atom is -0.492 e. The van der Waals surface area contributed by atoms with Gasteiger partial charge in [-0.25, -0.2) is 18.1 Å². The van der Waals surface area contributed by atoms with Gasteiger partial charge in [-0.15, -0.1) is 11.3 Å². The number of aryl methyl sites for hydroxylation is 1. The number of benzene rings is 1. The fourth-order valence-corrected chi connectivity index (χ4v) is 8.04. The summed E-state index contributed by atoms with van der Waals surface area (Å²) in [6, 6.07) is 5.48. The Bertz CT molecular complexity index is 1250. The number of hydrogen-bond acceptors (Lipinski definition) is 8. The van der Waals surface area contributed by atoms with Crippen LogP contribution in [0.1, 0.15) is 64.7 Å². The summed E-state index contributed by atoms with van der Waals surface area (Å²) >= 11 is 1.41. The van der Waals surface area contributed by atoms with E-state index in [-0.39, 0.29) is 22.8 Å². The second-order valence-electron chi connectivity index (χ2n) is 11.2. The van der Waals surface area contributed by atoms with E-state index in [1.54, 1.807) is 12.3 Å². The predicted octanol–water partition coefficient (Wildman–Crippen LogP) is 3.00. The van der Waals surface area contributed by atoms with E-state index in [1.165, 1.54) is 24.2 Å². The van der Waals surface area contributed by atoms with Crippen LogP contribution in [-0.2, 0) is 10.0 Å². The summed E-state index contributed by atoms with van der Waals surface area (Å²) in [7, 11) is -1.92. The van der Waals surface area contributed by atoms with Crippen molar-refractivity contribution in [2.24, 2.45) is 5.41 Å². The molecular formula is C27H38N4O5S2. The van der Waals surface area contributed by atoms with Crippen molar-refractivity contribution in [3.05, 3.63) is 39.8 Å². The molecule has 1 aromatic carbocycles. The third-order valence-corrected chi connectivity index (χ3v) is 10.6. The Balaban J connectivity index is 1.41. The summed E-state index contributed by atoms with van der Waals surface area (Å²) in [5.74, 6) is 0.803. The lowest BCUT2D eigenvalue weighted by atomic mass is 9.78. The highest BCUT2D eigenvalue weighted by Gasteiger charge is 2.39. The zero-order valence-electron chi connectivity index (χ0n) is 22.2. The Morgan fingerprint density at radius 1 is 1.24 bits per heavy atom. The van der Waals surface area contributed by atoms with Crippen LogP contribution in [0, 0.1) is 12.3 Å². The lowest BCUT2D eigenvalue weighted by Crippen LogP contribution is -2.51. The molecule has 1 saturated carbocycles. The average Bonchev–Trinajstić information content (AvgIpc) is 3.58. The molecule has 38 heavy (non-hydrogen) atoms. The summed E-state index contributed by atoms with van der Waals surface area (Å²) in [6.07, 6.45) is 6.83. The lowest BCUT2D eigenvalue weighted by Gasteiger charge is -2.44. The molecule has 1 aliphatic carbocycles. The number of aliphatic hydroxyl groups excluding tert-OH is 1. The van der Waals surface area contributed by atoms with Gasteiger partial charge in [-0.05, 0) is 63.3 Å². The smallest absolute Gasteiger partial charge is 0.265 e. The van der Waals surface area contributed by atoms with Crippen LogP contribution in [-0.4, -0.2) is 86.7 Å². The first-order chi connectivity index (χ1) is 18.1. The number of hydrogen-bond donors (Lipinski definition) is 2. The number of sulfonamides is 1. The van der Waals surface area contributed by atoms with Gasteiger partial charge in [-0.1, -0.05) is 18.9 Å². The Labute approximate surface area is 229 Å². The van der Waals surface area contributed by atoms with Gasteiger partial charge in [0.05, 0.1) is 23.9 Å². The SMILES string of the molecule is Cc1ncc(C(=O)N2CCC3(CC2)COc2cc(C4CCCC4)ccc2S(=O)(=O)NCC(O)CN(C)C3)s1. The standard InChI is InChI=1S/C27H38N4O5S2/c1-19-28-15-24(37-19)26(33)31-11-9-27(10-12-31)17-30(2)16-22(32)14-29-38(34,35)25-8-7-21(13-23(25)36-18-27)20-5-3-4-6-20/h7-8,13,15,20,22,29,32H,3-6,9-12,14,16-18H2,1-2H3. The third kappa shape index (κ3) is 6.07. The number of rotatable bonds is 2. The molecular weight excluding hydrogens is 524 g/mol. The van der Waals surface area contributed by atoms with Crippen LogP contribution < -0.4 is 9.46 Å². The molecule has 1 amide bonds. The largest absolute Gasteiger partial charge is 0.492 e. The molecule has 2 aliphatic heterocycles. The molecule has 9 nitrogen and oxygen atoms in total. The summed E-state index contributed by atoms with van der Waals surface area (Å²) in [6.45, 7) is 4.35. The van der Waals surface area contributed by atoms with Crippen molar-refractivity contribution in [1.82, 2.24) is 19.5 Å². The number of β-amino-alcohol motifs (C(OH)–C–C–N with tert-alkyl or cyclic N) is 1. The Kier molecular flexibility index (Phi) is 8.12. The normalized spacial score (nSPS) is 24.8. The van der Waals surface area contributed by atoms with Crippen LogP contribution in [0.25, 0.3) is 0 Å². The van der Waals surface area contributed by atoms with Crippen LogP contribution in [0.15, 0.2) is 29.3 Å². The molecule has 2 aromatic rings. The van der Waals surface area contributed by atoms with Crippen LogP contribution in [0.5, 0.6) is 5.75 Å². The van der Waals surface area contributed by atoms with Gasteiger partial charge in [0.1, 0.15) is 15.5 Å². The van der Waals surface area contributed by atoms with E-state index < -0.39 is 16.1 Å². The predicted molar refractivity (Wildman–Crippen MR) is 146 cm³/mol. The zero-order valence-corrected chi connectivity index (χ0v) is 23.8. The Morgan fingerprint density at radius 3 is 2.66 bits per heavy atom. The van der Waals surface area contributed by atoms with Crippen molar-refractivity contribution in [2.45, 2.75) is 62.4 Å². The zero-order chi connectivity index (χ0) is 26.9. The van der Waals surface area contributed by atoms with Gasteiger partial charge in [0.15, 0.2) is 0 Å². The van der Waals surface area contributed by atoms with Gasteiger partial charge in [-0.3, -0.25) is 4.79 Å². The van der Waals surface area contributed by atoms with Crippen molar-refractivity contribution in [3.8, 4) is 5.75 Å². The van der Waals surface area contributed by atoms with E-state index >= 15 is 0 Å². The average molecular weight is 563 g/mol. The Morgan fingerprint density at radius 2 is 1.97 bits per heavy atom. The molecule has 11 heteroatoms. The van der Waals surface area contributed by atoms with Gasteiger partial charge < -0.3 is 19.6 Å². The molecule has 1 unspecified atom stereocenters. The van der Waals surface area contributed by atoms with Gasteiger partial charge in [0, 0.05) is 38.1 Å². The summed E-state index contributed by atoms with van der Waals surface area (Å²) in [5.41, 5.74) is 0.835. The number of nitrogens with one attached hydrogen (secondary N) is 1.